The molecule has 2 aromatic rings. The second-order valence-electron chi connectivity index (χ2n) is 3.71. The Bertz CT molecular complexity index is 558. The van der Waals surface area contributed by atoms with E-state index in [0.717, 1.165) is 0 Å². The number of hydrogen-bond donors (Lipinski definition) is 0. The fourth-order valence-electron chi connectivity index (χ4n) is 1.47. The van der Waals surface area contributed by atoms with E-state index >= 15 is 0 Å². The van der Waals surface area contributed by atoms with Gasteiger partial charge in [-0.05, 0) is 30.7 Å². The highest BCUT2D eigenvalue weighted by molar-refractivity contribution is 5.42. The van der Waals surface area contributed by atoms with E-state index in [1.807, 2.05) is 0 Å². The fraction of sp³-hybridized carbons (Fsp3) is 0.167. The van der Waals surface area contributed by atoms with Crippen LogP contribution in [0, 0.1) is 17.0 Å². The van der Waals surface area contributed by atoms with Crippen molar-refractivity contribution >= 4 is 5.69 Å². The van der Waals surface area contributed by atoms with Crippen LogP contribution in [0.15, 0.2) is 36.5 Å². The lowest BCUT2D eigenvalue weighted by Crippen LogP contribution is -2.00. The Morgan fingerprint density at radius 3 is 2.83 bits per heavy atom. The predicted octanol–water partition coefficient (Wildman–Crippen LogP) is 2.27. The largest absolute Gasteiger partial charge is 0.487 e. The van der Waals surface area contributed by atoms with Gasteiger partial charge in [0.1, 0.15) is 18.1 Å². The van der Waals surface area contributed by atoms with Crippen molar-refractivity contribution < 1.29 is 9.66 Å². The second kappa shape index (κ2) is 5.22. The molecule has 0 aliphatic carbocycles. The predicted molar refractivity (Wildman–Crippen MR) is 64.2 cm³/mol. The lowest BCUT2D eigenvalue weighted by Gasteiger charge is -2.07. The molecule has 1 aromatic carbocycles. The molecule has 18 heavy (non-hydrogen) atoms. The molecular formula is C12H11N3O3. The fourth-order valence-corrected chi connectivity index (χ4v) is 1.47. The van der Waals surface area contributed by atoms with E-state index < -0.39 is 4.92 Å². The molecule has 92 valence electrons. The van der Waals surface area contributed by atoms with Gasteiger partial charge in [-0.15, -0.1) is 0 Å². The summed E-state index contributed by atoms with van der Waals surface area (Å²) in [6.07, 6.45) is 1.58. The zero-order valence-corrected chi connectivity index (χ0v) is 9.74. The van der Waals surface area contributed by atoms with Crippen molar-refractivity contribution in [3.8, 4) is 5.75 Å². The molecule has 6 heteroatoms. The third-order valence-corrected chi connectivity index (χ3v) is 2.37. The summed E-state index contributed by atoms with van der Waals surface area (Å²) in [4.78, 5) is 10.2. The zero-order valence-electron chi connectivity index (χ0n) is 9.74. The van der Waals surface area contributed by atoms with Crippen molar-refractivity contribution in [1.29, 1.82) is 0 Å². The maximum atomic E-state index is 10.6. The summed E-state index contributed by atoms with van der Waals surface area (Å²) in [5.74, 6) is 0.603. The van der Waals surface area contributed by atoms with E-state index in [9.17, 15) is 10.1 Å². The maximum Gasteiger partial charge on any atom is 0.269 e. The Morgan fingerprint density at radius 1 is 1.39 bits per heavy atom. The molecular weight excluding hydrogens is 234 g/mol. The number of nitro groups is 1. The van der Waals surface area contributed by atoms with Gasteiger partial charge in [-0.1, -0.05) is 0 Å². The molecule has 0 saturated heterocycles. The van der Waals surface area contributed by atoms with Crippen LogP contribution in [0.2, 0.25) is 0 Å². The van der Waals surface area contributed by atoms with Gasteiger partial charge in [0.25, 0.3) is 5.69 Å². The van der Waals surface area contributed by atoms with Gasteiger partial charge in [0, 0.05) is 18.3 Å². The van der Waals surface area contributed by atoms with Gasteiger partial charge < -0.3 is 4.74 Å². The third kappa shape index (κ3) is 2.79. The van der Waals surface area contributed by atoms with Crippen LogP contribution in [0.5, 0.6) is 5.75 Å². The molecule has 0 fully saturated rings. The van der Waals surface area contributed by atoms with Crippen LogP contribution >= 0.6 is 0 Å². The van der Waals surface area contributed by atoms with Gasteiger partial charge in [-0.2, -0.15) is 10.2 Å². The van der Waals surface area contributed by atoms with Gasteiger partial charge >= 0.3 is 0 Å². The van der Waals surface area contributed by atoms with Crippen molar-refractivity contribution in [2.24, 2.45) is 0 Å². The Labute approximate surface area is 103 Å². The summed E-state index contributed by atoms with van der Waals surface area (Å²) >= 11 is 0. The molecule has 1 aromatic heterocycles. The maximum absolute atomic E-state index is 10.6. The molecule has 0 aliphatic heterocycles. The van der Waals surface area contributed by atoms with Gasteiger partial charge in [-0.25, -0.2) is 0 Å². The normalized spacial score (nSPS) is 10.1. The minimum Gasteiger partial charge on any atom is -0.487 e. The van der Waals surface area contributed by atoms with Crippen molar-refractivity contribution in [2.75, 3.05) is 0 Å². The van der Waals surface area contributed by atoms with Crippen molar-refractivity contribution in [3.05, 3.63) is 57.9 Å². The Hall–Kier alpha value is -2.50. The SMILES string of the molecule is Cc1cc([N+](=O)[O-])ccc1OCc1cccnn1. The quantitative estimate of drug-likeness (QED) is 0.609. The highest BCUT2D eigenvalue weighted by Gasteiger charge is 2.08. The number of hydrogen-bond acceptors (Lipinski definition) is 5. The first-order valence-corrected chi connectivity index (χ1v) is 5.31. The zero-order chi connectivity index (χ0) is 13.0. The van der Waals surface area contributed by atoms with Gasteiger partial charge in [0.05, 0.1) is 4.92 Å². The summed E-state index contributed by atoms with van der Waals surface area (Å²) in [6, 6.07) is 8.05. The Kier molecular flexibility index (Phi) is 3.47. The average molecular weight is 245 g/mol. The highest BCUT2D eigenvalue weighted by atomic mass is 16.6. The van der Waals surface area contributed by atoms with E-state index in [-0.39, 0.29) is 12.3 Å². The molecule has 1 heterocycles. The minimum atomic E-state index is -0.431. The summed E-state index contributed by atoms with van der Waals surface area (Å²) in [7, 11) is 0. The lowest BCUT2D eigenvalue weighted by atomic mass is 10.2. The van der Waals surface area contributed by atoms with Crippen LogP contribution in [-0.2, 0) is 6.61 Å². The van der Waals surface area contributed by atoms with E-state index in [4.69, 9.17) is 4.74 Å². The number of aromatic nitrogens is 2. The van der Waals surface area contributed by atoms with E-state index in [1.54, 1.807) is 31.3 Å². The highest BCUT2D eigenvalue weighted by Crippen LogP contribution is 2.23. The number of nitro benzene ring substituents is 1. The smallest absolute Gasteiger partial charge is 0.269 e. The van der Waals surface area contributed by atoms with Crippen molar-refractivity contribution in [1.82, 2.24) is 10.2 Å². The molecule has 0 aliphatic rings. The van der Waals surface area contributed by atoms with Gasteiger partial charge in [0.15, 0.2) is 0 Å². The molecule has 0 bridgehead atoms. The second-order valence-corrected chi connectivity index (χ2v) is 3.71. The Balaban J connectivity index is 2.08. The van der Waals surface area contributed by atoms with Crippen molar-refractivity contribution in [2.45, 2.75) is 13.5 Å². The summed E-state index contributed by atoms with van der Waals surface area (Å²) in [5.41, 5.74) is 1.47. The number of benzene rings is 1. The molecule has 0 saturated carbocycles. The topological polar surface area (TPSA) is 78.2 Å². The van der Waals surface area contributed by atoms with E-state index in [2.05, 4.69) is 10.2 Å². The number of nitrogens with zero attached hydrogens (tertiary/aromatic N) is 3. The van der Waals surface area contributed by atoms with Crippen LogP contribution in [0.3, 0.4) is 0 Å². The summed E-state index contributed by atoms with van der Waals surface area (Å²) < 4.78 is 5.53. The monoisotopic (exact) mass is 245 g/mol. The molecule has 0 unspecified atom stereocenters. The standard InChI is InChI=1S/C12H11N3O3/c1-9-7-11(15(16)17)4-5-12(9)18-8-10-3-2-6-13-14-10/h2-7H,8H2,1H3. The van der Waals surface area contributed by atoms with E-state index in [0.29, 0.717) is 17.0 Å². The summed E-state index contributed by atoms with van der Waals surface area (Å²) in [6.45, 7) is 2.05. The summed E-state index contributed by atoms with van der Waals surface area (Å²) in [5, 5.41) is 18.2. The number of aryl methyl sites for hydroxylation is 1. The van der Waals surface area contributed by atoms with Crippen LogP contribution in [0.1, 0.15) is 11.3 Å². The number of ether oxygens (including phenoxy) is 1. The van der Waals surface area contributed by atoms with Crippen LogP contribution in [0.4, 0.5) is 5.69 Å². The van der Waals surface area contributed by atoms with E-state index in [1.165, 1.54) is 12.1 Å². The minimum absolute atomic E-state index is 0.0550. The van der Waals surface area contributed by atoms with Crippen LogP contribution in [-0.4, -0.2) is 15.1 Å². The molecule has 0 amide bonds. The molecule has 2 rings (SSSR count). The molecule has 0 atom stereocenters. The molecule has 0 N–H and O–H groups in total. The van der Waals surface area contributed by atoms with Gasteiger partial charge in [-0.3, -0.25) is 10.1 Å². The first kappa shape index (κ1) is 12.0. The first-order valence-electron chi connectivity index (χ1n) is 5.31. The average Bonchev–Trinajstić information content (AvgIpc) is 2.38. The molecule has 0 radical (unpaired) electrons. The molecule has 6 nitrogen and oxygen atoms in total. The van der Waals surface area contributed by atoms with Crippen molar-refractivity contribution in [3.63, 3.8) is 0 Å². The van der Waals surface area contributed by atoms with Gasteiger partial charge in [0.2, 0.25) is 0 Å². The number of non-ortho nitro benzene ring substituents is 1. The van der Waals surface area contributed by atoms with Crippen LogP contribution in [0.25, 0.3) is 0 Å². The molecule has 0 spiro atoms. The van der Waals surface area contributed by atoms with Crippen LogP contribution < -0.4 is 4.74 Å². The lowest BCUT2D eigenvalue weighted by molar-refractivity contribution is -0.384. The Morgan fingerprint density at radius 2 is 2.22 bits per heavy atom. The third-order valence-electron chi connectivity index (χ3n) is 2.37. The number of rotatable bonds is 4. The first-order chi connectivity index (χ1) is 8.66.